The first kappa shape index (κ1) is 14.7. The molecular formula is C14H22N4O2. The predicted molar refractivity (Wildman–Crippen MR) is 78.0 cm³/mol. The van der Waals surface area contributed by atoms with Crippen LogP contribution in [0.3, 0.4) is 0 Å². The van der Waals surface area contributed by atoms with Gasteiger partial charge in [-0.1, -0.05) is 13.8 Å². The first-order valence-corrected chi connectivity index (χ1v) is 6.98. The Bertz CT molecular complexity index is 473. The second-order valence-electron chi connectivity index (χ2n) is 5.31. The molecule has 2 rings (SSSR count). The largest absolute Gasteiger partial charge is 0.378 e. The number of carbonyl (C=O) groups is 1. The fraction of sp³-hybridized carbons (Fsp3) is 0.643. The van der Waals surface area contributed by atoms with Crippen LogP contribution in [-0.2, 0) is 9.53 Å². The van der Waals surface area contributed by atoms with Gasteiger partial charge in [-0.25, -0.2) is 9.97 Å². The summed E-state index contributed by atoms with van der Waals surface area (Å²) in [7, 11) is 0. The van der Waals surface area contributed by atoms with Gasteiger partial charge in [0.25, 0.3) is 0 Å². The van der Waals surface area contributed by atoms with Gasteiger partial charge in [-0.15, -0.1) is 0 Å². The molecule has 0 bridgehead atoms. The number of hydrogen-bond acceptors (Lipinski definition) is 5. The van der Waals surface area contributed by atoms with Crippen LogP contribution in [0.15, 0.2) is 0 Å². The highest BCUT2D eigenvalue weighted by molar-refractivity contribution is 5.93. The van der Waals surface area contributed by atoms with E-state index < -0.39 is 0 Å². The standard InChI is InChI=1S/C14H22N4O2/c1-9(2)13(19)17-12-10(3)15-14(16-11(12)4)18-5-7-20-8-6-18/h9H,5-8H2,1-4H3,(H,17,19). The molecule has 1 fully saturated rings. The van der Waals surface area contributed by atoms with Crippen molar-refractivity contribution in [2.24, 2.45) is 5.92 Å². The SMILES string of the molecule is Cc1nc(N2CCOCC2)nc(C)c1NC(=O)C(C)C. The lowest BCUT2D eigenvalue weighted by Crippen LogP contribution is -2.37. The molecule has 1 aliphatic rings. The van der Waals surface area contributed by atoms with Crippen molar-refractivity contribution in [1.82, 2.24) is 9.97 Å². The minimum absolute atomic E-state index is 0.0149. The molecular weight excluding hydrogens is 256 g/mol. The van der Waals surface area contributed by atoms with E-state index in [1.165, 1.54) is 0 Å². The van der Waals surface area contributed by atoms with Crippen LogP contribution in [0.4, 0.5) is 11.6 Å². The average molecular weight is 278 g/mol. The van der Waals surface area contributed by atoms with E-state index in [0.717, 1.165) is 30.2 Å². The minimum Gasteiger partial charge on any atom is -0.378 e. The molecule has 1 aliphatic heterocycles. The Kier molecular flexibility index (Phi) is 4.54. The maximum Gasteiger partial charge on any atom is 0.227 e. The molecule has 20 heavy (non-hydrogen) atoms. The first-order chi connectivity index (χ1) is 9.49. The van der Waals surface area contributed by atoms with E-state index in [0.29, 0.717) is 19.2 Å². The normalized spacial score (nSPS) is 15.6. The van der Waals surface area contributed by atoms with Gasteiger partial charge in [0, 0.05) is 19.0 Å². The number of anilines is 2. The summed E-state index contributed by atoms with van der Waals surface area (Å²) in [5.74, 6) is 0.637. The lowest BCUT2D eigenvalue weighted by molar-refractivity contribution is -0.118. The zero-order valence-electron chi connectivity index (χ0n) is 12.6. The van der Waals surface area contributed by atoms with Crippen LogP contribution in [0.25, 0.3) is 0 Å². The van der Waals surface area contributed by atoms with Gasteiger partial charge in [-0.2, -0.15) is 0 Å². The summed E-state index contributed by atoms with van der Waals surface area (Å²) in [6.07, 6.45) is 0. The zero-order valence-corrected chi connectivity index (χ0v) is 12.6. The third-order valence-corrected chi connectivity index (χ3v) is 3.33. The third-order valence-electron chi connectivity index (χ3n) is 3.33. The molecule has 1 N–H and O–H groups in total. The second-order valence-corrected chi connectivity index (χ2v) is 5.31. The van der Waals surface area contributed by atoms with Gasteiger partial charge in [-0.05, 0) is 13.8 Å². The Labute approximate surface area is 119 Å². The number of amides is 1. The molecule has 1 amide bonds. The zero-order chi connectivity index (χ0) is 14.7. The lowest BCUT2D eigenvalue weighted by Gasteiger charge is -2.27. The highest BCUT2D eigenvalue weighted by Gasteiger charge is 2.18. The van der Waals surface area contributed by atoms with Gasteiger partial charge in [0.1, 0.15) is 0 Å². The fourth-order valence-electron chi connectivity index (χ4n) is 2.05. The third kappa shape index (κ3) is 3.25. The van der Waals surface area contributed by atoms with Crippen molar-refractivity contribution in [1.29, 1.82) is 0 Å². The summed E-state index contributed by atoms with van der Waals surface area (Å²) in [5, 5.41) is 2.90. The van der Waals surface area contributed by atoms with Crippen molar-refractivity contribution >= 4 is 17.5 Å². The summed E-state index contributed by atoms with van der Waals surface area (Å²) in [5.41, 5.74) is 2.32. The number of rotatable bonds is 3. The maximum atomic E-state index is 11.8. The molecule has 0 aliphatic carbocycles. The van der Waals surface area contributed by atoms with Crippen LogP contribution < -0.4 is 10.2 Å². The van der Waals surface area contributed by atoms with Gasteiger partial charge >= 0.3 is 0 Å². The average Bonchev–Trinajstić information content (AvgIpc) is 2.43. The highest BCUT2D eigenvalue weighted by atomic mass is 16.5. The molecule has 0 saturated carbocycles. The molecule has 6 heteroatoms. The van der Waals surface area contributed by atoms with Gasteiger partial charge in [0.15, 0.2) is 0 Å². The van der Waals surface area contributed by atoms with Gasteiger partial charge in [0.05, 0.1) is 30.3 Å². The quantitative estimate of drug-likeness (QED) is 0.908. The maximum absolute atomic E-state index is 11.8. The first-order valence-electron chi connectivity index (χ1n) is 6.98. The summed E-state index contributed by atoms with van der Waals surface area (Å²) in [6.45, 7) is 10.5. The molecule has 0 atom stereocenters. The minimum atomic E-state index is -0.0623. The number of aromatic nitrogens is 2. The second kappa shape index (κ2) is 6.17. The topological polar surface area (TPSA) is 67.3 Å². The van der Waals surface area contributed by atoms with Crippen LogP contribution in [0.2, 0.25) is 0 Å². The Hall–Kier alpha value is -1.69. The molecule has 0 spiro atoms. The van der Waals surface area contributed by atoms with Gasteiger partial charge in [-0.3, -0.25) is 4.79 Å². The molecule has 2 heterocycles. The number of carbonyl (C=O) groups excluding carboxylic acids is 1. The van der Waals surface area contributed by atoms with Crippen molar-refractivity contribution in [3.8, 4) is 0 Å². The number of nitrogens with one attached hydrogen (secondary N) is 1. The molecule has 1 saturated heterocycles. The molecule has 6 nitrogen and oxygen atoms in total. The van der Waals surface area contributed by atoms with Crippen molar-refractivity contribution in [2.75, 3.05) is 36.5 Å². The summed E-state index contributed by atoms with van der Waals surface area (Å²) in [4.78, 5) is 22.9. The number of ether oxygens (including phenoxy) is 1. The van der Waals surface area contributed by atoms with E-state index >= 15 is 0 Å². The number of morpholine rings is 1. The molecule has 0 radical (unpaired) electrons. The lowest BCUT2D eigenvalue weighted by atomic mass is 10.2. The van der Waals surface area contributed by atoms with Gasteiger partial charge < -0.3 is 15.0 Å². The Morgan fingerprint density at radius 3 is 2.25 bits per heavy atom. The summed E-state index contributed by atoms with van der Waals surface area (Å²) in [6, 6.07) is 0. The highest BCUT2D eigenvalue weighted by Crippen LogP contribution is 2.21. The van der Waals surface area contributed by atoms with E-state index in [9.17, 15) is 4.79 Å². The number of aryl methyl sites for hydroxylation is 2. The van der Waals surface area contributed by atoms with Crippen LogP contribution >= 0.6 is 0 Å². The Morgan fingerprint density at radius 1 is 1.20 bits per heavy atom. The number of hydrogen-bond donors (Lipinski definition) is 1. The molecule has 1 aromatic heterocycles. The van der Waals surface area contributed by atoms with E-state index in [1.54, 1.807) is 0 Å². The Morgan fingerprint density at radius 2 is 1.75 bits per heavy atom. The Balaban J connectivity index is 2.21. The fourth-order valence-corrected chi connectivity index (χ4v) is 2.05. The van der Waals surface area contributed by atoms with E-state index in [4.69, 9.17) is 4.74 Å². The molecule has 1 aromatic rings. The smallest absolute Gasteiger partial charge is 0.227 e. The summed E-state index contributed by atoms with van der Waals surface area (Å²) < 4.78 is 5.33. The predicted octanol–water partition coefficient (Wildman–Crippen LogP) is 1.52. The monoisotopic (exact) mass is 278 g/mol. The van der Waals surface area contributed by atoms with Crippen molar-refractivity contribution in [3.05, 3.63) is 11.4 Å². The molecule has 0 unspecified atom stereocenters. The van der Waals surface area contributed by atoms with E-state index in [2.05, 4.69) is 20.2 Å². The van der Waals surface area contributed by atoms with Crippen LogP contribution in [0, 0.1) is 19.8 Å². The molecule has 110 valence electrons. The van der Waals surface area contributed by atoms with Crippen LogP contribution in [0.5, 0.6) is 0 Å². The van der Waals surface area contributed by atoms with E-state index in [1.807, 2.05) is 27.7 Å². The van der Waals surface area contributed by atoms with Crippen LogP contribution in [-0.4, -0.2) is 42.2 Å². The molecule has 0 aromatic carbocycles. The van der Waals surface area contributed by atoms with E-state index in [-0.39, 0.29) is 11.8 Å². The van der Waals surface area contributed by atoms with Crippen molar-refractivity contribution in [2.45, 2.75) is 27.7 Å². The summed E-state index contributed by atoms with van der Waals surface area (Å²) >= 11 is 0. The van der Waals surface area contributed by atoms with Gasteiger partial charge in [0.2, 0.25) is 11.9 Å². The van der Waals surface area contributed by atoms with Crippen molar-refractivity contribution < 1.29 is 9.53 Å². The van der Waals surface area contributed by atoms with Crippen molar-refractivity contribution in [3.63, 3.8) is 0 Å². The van der Waals surface area contributed by atoms with Crippen LogP contribution in [0.1, 0.15) is 25.2 Å². The number of nitrogens with zero attached hydrogens (tertiary/aromatic N) is 3.